The lowest BCUT2D eigenvalue weighted by Gasteiger charge is -2.22. The Morgan fingerprint density at radius 3 is 2.75 bits per heavy atom. The predicted octanol–water partition coefficient (Wildman–Crippen LogP) is 2.19. The van der Waals surface area contributed by atoms with Gasteiger partial charge in [-0.1, -0.05) is 0 Å². The average Bonchev–Trinajstić information content (AvgIpc) is 2.62. The molecule has 0 radical (unpaired) electrons. The minimum absolute atomic E-state index is 0.0500. The molecule has 1 atom stereocenters. The maximum absolute atomic E-state index is 5.77. The van der Waals surface area contributed by atoms with Gasteiger partial charge in [-0.15, -0.1) is 0 Å². The van der Waals surface area contributed by atoms with Gasteiger partial charge in [0, 0.05) is 32.1 Å². The Morgan fingerprint density at radius 1 is 1.50 bits per heavy atom. The molecule has 0 saturated heterocycles. The molecule has 3 nitrogen and oxygen atoms in total. The first kappa shape index (κ1) is 13.3. The van der Waals surface area contributed by atoms with Gasteiger partial charge in [0.1, 0.15) is 0 Å². The number of aromatic nitrogens is 1. The number of nitrogens with two attached hydrogens (primary N) is 1. The minimum atomic E-state index is -0.0500. The normalized spacial score (nSPS) is 14.1. The van der Waals surface area contributed by atoms with Crippen LogP contribution in [0.25, 0.3) is 0 Å². The van der Waals surface area contributed by atoms with E-state index in [1.54, 1.807) is 7.11 Å². The number of rotatable bonds is 6. The van der Waals surface area contributed by atoms with Crippen molar-refractivity contribution < 1.29 is 4.74 Å². The molecule has 0 aliphatic heterocycles. The van der Waals surface area contributed by atoms with Gasteiger partial charge in [0.25, 0.3) is 0 Å². The quantitative estimate of drug-likeness (QED) is 0.804. The Kier molecular flexibility index (Phi) is 4.56. The molecule has 16 heavy (non-hydrogen) atoms. The Morgan fingerprint density at radius 2 is 2.19 bits per heavy atom. The van der Waals surface area contributed by atoms with Crippen LogP contribution in [0.3, 0.4) is 0 Å². The lowest BCUT2D eigenvalue weighted by atomic mass is 10.1. The molecule has 92 valence electrons. The first-order valence-electron chi connectivity index (χ1n) is 5.88. The molecule has 0 aromatic carbocycles. The van der Waals surface area contributed by atoms with Crippen molar-refractivity contribution in [1.82, 2.24) is 4.57 Å². The van der Waals surface area contributed by atoms with Crippen LogP contribution in [0.15, 0.2) is 18.5 Å². The van der Waals surface area contributed by atoms with Crippen LogP contribution in [0.1, 0.15) is 32.8 Å². The topological polar surface area (TPSA) is 40.2 Å². The Hall–Kier alpha value is -0.800. The third kappa shape index (κ3) is 4.37. The van der Waals surface area contributed by atoms with Crippen LogP contribution in [-0.4, -0.2) is 23.3 Å². The summed E-state index contributed by atoms with van der Waals surface area (Å²) in [5.41, 5.74) is 7.03. The predicted molar refractivity (Wildman–Crippen MR) is 67.5 cm³/mol. The van der Waals surface area contributed by atoms with E-state index in [9.17, 15) is 0 Å². The summed E-state index contributed by atoms with van der Waals surface area (Å²) in [5, 5.41) is 0. The van der Waals surface area contributed by atoms with Crippen molar-refractivity contribution in [2.45, 2.75) is 51.8 Å². The number of hydrogen-bond donors (Lipinski definition) is 1. The van der Waals surface area contributed by atoms with Crippen molar-refractivity contribution >= 4 is 0 Å². The molecule has 1 heterocycles. The third-order valence-electron chi connectivity index (χ3n) is 2.89. The fourth-order valence-electron chi connectivity index (χ4n) is 1.62. The second-order valence-electron chi connectivity index (χ2n) is 5.15. The second-order valence-corrected chi connectivity index (χ2v) is 5.15. The molecule has 3 heteroatoms. The molecule has 0 amide bonds. The van der Waals surface area contributed by atoms with Crippen LogP contribution in [-0.2, 0) is 17.7 Å². The Bertz CT molecular complexity index is 315. The van der Waals surface area contributed by atoms with Crippen molar-refractivity contribution in [2.75, 3.05) is 7.11 Å². The van der Waals surface area contributed by atoms with Crippen LogP contribution in [0.4, 0.5) is 0 Å². The summed E-state index contributed by atoms with van der Waals surface area (Å²) in [6.45, 7) is 7.24. The highest BCUT2D eigenvalue weighted by atomic mass is 16.5. The standard InChI is InChI=1S/C13H24N2O/c1-11(14)9-12-5-7-15(10-12)8-6-13(2,3)16-4/h5,7,10-11H,6,8-9,14H2,1-4H3. The molecule has 0 fully saturated rings. The van der Waals surface area contributed by atoms with E-state index in [2.05, 4.69) is 36.9 Å². The lowest BCUT2D eigenvalue weighted by molar-refractivity contribution is 0.0120. The zero-order valence-electron chi connectivity index (χ0n) is 10.9. The zero-order valence-corrected chi connectivity index (χ0v) is 10.9. The summed E-state index contributed by atoms with van der Waals surface area (Å²) in [6, 6.07) is 2.37. The smallest absolute Gasteiger partial charge is 0.0639 e. The van der Waals surface area contributed by atoms with Crippen LogP contribution in [0.2, 0.25) is 0 Å². The van der Waals surface area contributed by atoms with Crippen LogP contribution in [0.5, 0.6) is 0 Å². The van der Waals surface area contributed by atoms with E-state index in [0.717, 1.165) is 19.4 Å². The van der Waals surface area contributed by atoms with Crippen molar-refractivity contribution in [3.63, 3.8) is 0 Å². The summed E-state index contributed by atoms with van der Waals surface area (Å²) in [5.74, 6) is 0. The second kappa shape index (κ2) is 5.51. The van der Waals surface area contributed by atoms with Gasteiger partial charge in [-0.2, -0.15) is 0 Å². The van der Waals surface area contributed by atoms with Gasteiger partial charge in [0.15, 0.2) is 0 Å². The molecule has 0 spiro atoms. The first-order valence-corrected chi connectivity index (χ1v) is 5.88. The first-order chi connectivity index (χ1) is 7.43. The van der Waals surface area contributed by atoms with E-state index in [0.29, 0.717) is 0 Å². The van der Waals surface area contributed by atoms with Crippen molar-refractivity contribution in [3.05, 3.63) is 24.0 Å². The molecule has 0 aliphatic carbocycles. The Balaban J connectivity index is 2.46. The molecule has 0 aliphatic rings. The molecular formula is C13H24N2O. The Labute approximate surface area is 98.6 Å². The highest BCUT2D eigenvalue weighted by Gasteiger charge is 2.15. The number of methoxy groups -OCH3 is 1. The van der Waals surface area contributed by atoms with E-state index in [4.69, 9.17) is 10.5 Å². The summed E-state index contributed by atoms with van der Waals surface area (Å²) < 4.78 is 7.60. The maximum atomic E-state index is 5.77. The summed E-state index contributed by atoms with van der Waals surface area (Å²) in [4.78, 5) is 0. The number of aryl methyl sites for hydroxylation is 1. The van der Waals surface area contributed by atoms with Crippen LogP contribution in [0, 0.1) is 0 Å². The van der Waals surface area contributed by atoms with Gasteiger partial charge >= 0.3 is 0 Å². The number of ether oxygens (including phenoxy) is 1. The van der Waals surface area contributed by atoms with E-state index < -0.39 is 0 Å². The summed E-state index contributed by atoms with van der Waals surface area (Å²) >= 11 is 0. The van der Waals surface area contributed by atoms with E-state index in [1.807, 2.05) is 6.92 Å². The van der Waals surface area contributed by atoms with Gasteiger partial charge in [0.05, 0.1) is 5.60 Å². The average molecular weight is 224 g/mol. The van der Waals surface area contributed by atoms with E-state index in [-0.39, 0.29) is 11.6 Å². The number of hydrogen-bond acceptors (Lipinski definition) is 2. The largest absolute Gasteiger partial charge is 0.379 e. The third-order valence-corrected chi connectivity index (χ3v) is 2.89. The van der Waals surface area contributed by atoms with Gasteiger partial charge in [-0.05, 0) is 45.2 Å². The van der Waals surface area contributed by atoms with Crippen molar-refractivity contribution in [2.24, 2.45) is 5.73 Å². The van der Waals surface area contributed by atoms with Crippen LogP contribution >= 0.6 is 0 Å². The molecular weight excluding hydrogens is 200 g/mol. The fraction of sp³-hybridized carbons (Fsp3) is 0.692. The monoisotopic (exact) mass is 224 g/mol. The fourth-order valence-corrected chi connectivity index (χ4v) is 1.62. The van der Waals surface area contributed by atoms with Crippen molar-refractivity contribution in [3.8, 4) is 0 Å². The maximum Gasteiger partial charge on any atom is 0.0639 e. The molecule has 0 bridgehead atoms. The van der Waals surface area contributed by atoms with Gasteiger partial charge < -0.3 is 15.0 Å². The summed E-state index contributed by atoms with van der Waals surface area (Å²) in [6.07, 6.45) is 6.25. The molecule has 0 saturated carbocycles. The van der Waals surface area contributed by atoms with Gasteiger partial charge in [-0.25, -0.2) is 0 Å². The summed E-state index contributed by atoms with van der Waals surface area (Å²) in [7, 11) is 1.76. The zero-order chi connectivity index (χ0) is 12.2. The highest BCUT2D eigenvalue weighted by molar-refractivity contribution is 5.11. The number of nitrogens with zero attached hydrogens (tertiary/aromatic N) is 1. The molecule has 1 unspecified atom stereocenters. The molecule has 1 rings (SSSR count). The van der Waals surface area contributed by atoms with E-state index >= 15 is 0 Å². The minimum Gasteiger partial charge on any atom is -0.379 e. The van der Waals surface area contributed by atoms with Gasteiger partial charge in [-0.3, -0.25) is 0 Å². The SMILES string of the molecule is COC(C)(C)CCn1ccc(CC(C)N)c1. The van der Waals surface area contributed by atoms with Gasteiger partial charge in [0.2, 0.25) is 0 Å². The molecule has 2 N–H and O–H groups in total. The van der Waals surface area contributed by atoms with Crippen molar-refractivity contribution in [1.29, 1.82) is 0 Å². The molecule has 1 aromatic heterocycles. The van der Waals surface area contributed by atoms with E-state index in [1.165, 1.54) is 5.56 Å². The molecule has 1 aromatic rings. The highest BCUT2D eigenvalue weighted by Crippen LogP contribution is 2.15. The lowest BCUT2D eigenvalue weighted by Crippen LogP contribution is -2.24. The van der Waals surface area contributed by atoms with Crippen LogP contribution < -0.4 is 5.73 Å².